The Morgan fingerprint density at radius 2 is 1.94 bits per heavy atom. The molecule has 176 valence electrons. The van der Waals surface area contributed by atoms with E-state index < -0.39 is 5.60 Å². The molecule has 10 heteroatoms. The van der Waals surface area contributed by atoms with Crippen molar-refractivity contribution in [3.63, 3.8) is 0 Å². The lowest BCUT2D eigenvalue weighted by atomic mass is 10.1. The molecule has 2 aromatic heterocycles. The van der Waals surface area contributed by atoms with Crippen LogP contribution in [0.4, 0.5) is 15.6 Å². The molecule has 1 aliphatic heterocycles. The number of ether oxygens (including phenoxy) is 1. The predicted molar refractivity (Wildman–Crippen MR) is 134 cm³/mol. The monoisotopic (exact) mass is 489 g/mol. The minimum atomic E-state index is -0.533. The van der Waals surface area contributed by atoms with Crippen molar-refractivity contribution in [2.75, 3.05) is 36.8 Å². The molecule has 2 N–H and O–H groups in total. The maximum Gasteiger partial charge on any atom is 0.410 e. The highest BCUT2D eigenvalue weighted by molar-refractivity contribution is 7.13. The number of halogens is 1. The van der Waals surface area contributed by atoms with Gasteiger partial charge in [0.1, 0.15) is 5.60 Å². The molecule has 1 aromatic carbocycles. The number of benzene rings is 1. The number of hydrogen-bond donors (Lipinski definition) is 1. The molecule has 0 spiro atoms. The number of nitrogen functional groups attached to an aromatic ring is 1. The van der Waals surface area contributed by atoms with E-state index in [9.17, 15) is 9.59 Å². The van der Waals surface area contributed by atoms with Crippen LogP contribution in [-0.4, -0.2) is 52.3 Å². The standard InChI is InChI=1S/C23H28ClN5O3S/c1-5-27-12-15(17-13-33-21(25)26-17)20(30)14-10-19(16(24)11-18(14)27)28-6-8-29(9-7-28)22(31)32-23(2,3)4/h10-13H,5-9H2,1-4H3,(H2,25,26). The van der Waals surface area contributed by atoms with Gasteiger partial charge in [-0.15, -0.1) is 11.3 Å². The lowest BCUT2D eigenvalue weighted by Crippen LogP contribution is -2.50. The van der Waals surface area contributed by atoms with Crippen LogP contribution in [0.2, 0.25) is 5.02 Å². The van der Waals surface area contributed by atoms with Crippen LogP contribution >= 0.6 is 22.9 Å². The highest BCUT2D eigenvalue weighted by atomic mass is 35.5. The van der Waals surface area contributed by atoms with Crippen LogP contribution in [0.15, 0.2) is 28.5 Å². The lowest BCUT2D eigenvalue weighted by molar-refractivity contribution is 0.0240. The zero-order chi connectivity index (χ0) is 23.9. The van der Waals surface area contributed by atoms with Crippen molar-refractivity contribution in [2.24, 2.45) is 0 Å². The van der Waals surface area contributed by atoms with E-state index in [0.29, 0.717) is 59.5 Å². The van der Waals surface area contributed by atoms with Crippen molar-refractivity contribution in [1.29, 1.82) is 0 Å². The number of pyridine rings is 1. The predicted octanol–water partition coefficient (Wildman–Crippen LogP) is 4.44. The normalized spacial score (nSPS) is 14.7. The van der Waals surface area contributed by atoms with Gasteiger partial charge in [-0.2, -0.15) is 0 Å². The Hall–Kier alpha value is -2.78. The van der Waals surface area contributed by atoms with E-state index in [1.54, 1.807) is 10.3 Å². The zero-order valence-corrected chi connectivity index (χ0v) is 20.8. The number of fused-ring (bicyclic) bond motifs is 1. The second-order valence-electron chi connectivity index (χ2n) is 9.00. The molecular weight excluding hydrogens is 462 g/mol. The summed E-state index contributed by atoms with van der Waals surface area (Å²) < 4.78 is 7.48. The molecule has 0 aliphatic carbocycles. The fourth-order valence-electron chi connectivity index (χ4n) is 3.95. The first-order valence-electron chi connectivity index (χ1n) is 10.9. The van der Waals surface area contributed by atoms with Crippen molar-refractivity contribution < 1.29 is 9.53 Å². The van der Waals surface area contributed by atoms with Crippen LogP contribution in [0.5, 0.6) is 0 Å². The number of amides is 1. The smallest absolute Gasteiger partial charge is 0.410 e. The highest BCUT2D eigenvalue weighted by Gasteiger charge is 2.27. The number of piperazine rings is 1. The largest absolute Gasteiger partial charge is 0.444 e. The van der Waals surface area contributed by atoms with Crippen LogP contribution in [0.1, 0.15) is 27.7 Å². The third-order valence-corrected chi connectivity index (χ3v) is 6.54. The topological polar surface area (TPSA) is 93.7 Å². The summed E-state index contributed by atoms with van der Waals surface area (Å²) in [6.07, 6.45) is 1.50. The SMILES string of the molecule is CCn1cc(-c2csc(N)n2)c(=O)c2cc(N3CCN(C(=O)OC(C)(C)C)CC3)c(Cl)cc21. The van der Waals surface area contributed by atoms with E-state index in [1.165, 1.54) is 11.3 Å². The molecule has 0 bridgehead atoms. The van der Waals surface area contributed by atoms with Crippen molar-refractivity contribution in [1.82, 2.24) is 14.5 Å². The van der Waals surface area contributed by atoms with Gasteiger partial charge in [0, 0.05) is 49.7 Å². The maximum absolute atomic E-state index is 13.4. The van der Waals surface area contributed by atoms with E-state index in [1.807, 2.05) is 50.6 Å². The Morgan fingerprint density at radius 1 is 1.24 bits per heavy atom. The number of rotatable bonds is 3. The lowest BCUT2D eigenvalue weighted by Gasteiger charge is -2.37. The minimum absolute atomic E-state index is 0.106. The number of nitrogens with zero attached hydrogens (tertiary/aromatic N) is 4. The third-order valence-electron chi connectivity index (χ3n) is 5.56. The average molecular weight is 490 g/mol. The summed E-state index contributed by atoms with van der Waals surface area (Å²) in [6.45, 7) is 10.5. The van der Waals surface area contributed by atoms with Gasteiger partial charge in [0.15, 0.2) is 10.6 Å². The summed E-state index contributed by atoms with van der Waals surface area (Å²) in [5.74, 6) is 0. The van der Waals surface area contributed by atoms with Crippen LogP contribution in [0.3, 0.4) is 0 Å². The first-order chi connectivity index (χ1) is 15.6. The summed E-state index contributed by atoms with van der Waals surface area (Å²) in [7, 11) is 0. The van der Waals surface area contributed by atoms with Gasteiger partial charge >= 0.3 is 6.09 Å². The van der Waals surface area contributed by atoms with Crippen molar-refractivity contribution in [3.8, 4) is 11.3 Å². The molecule has 3 heterocycles. The molecule has 1 fully saturated rings. The summed E-state index contributed by atoms with van der Waals surface area (Å²) in [6, 6.07) is 3.70. The Morgan fingerprint density at radius 3 is 2.52 bits per heavy atom. The van der Waals surface area contributed by atoms with Crippen LogP contribution in [-0.2, 0) is 11.3 Å². The fourth-order valence-corrected chi connectivity index (χ4v) is 4.79. The number of carbonyl (C=O) groups is 1. The van der Waals surface area contributed by atoms with E-state index in [4.69, 9.17) is 22.1 Å². The van der Waals surface area contributed by atoms with Crippen LogP contribution < -0.4 is 16.1 Å². The number of thiazole rings is 1. The number of aromatic nitrogens is 2. The summed E-state index contributed by atoms with van der Waals surface area (Å²) in [4.78, 5) is 33.9. The molecule has 1 saturated heterocycles. The molecule has 4 rings (SSSR count). The quantitative estimate of drug-likeness (QED) is 0.584. The molecule has 0 saturated carbocycles. The average Bonchev–Trinajstić information content (AvgIpc) is 3.19. The molecule has 33 heavy (non-hydrogen) atoms. The first-order valence-corrected chi connectivity index (χ1v) is 12.1. The van der Waals surface area contributed by atoms with E-state index >= 15 is 0 Å². The van der Waals surface area contributed by atoms with Gasteiger partial charge < -0.3 is 24.8 Å². The van der Waals surface area contributed by atoms with Gasteiger partial charge in [-0.3, -0.25) is 4.79 Å². The highest BCUT2D eigenvalue weighted by Crippen LogP contribution is 2.32. The molecule has 0 atom stereocenters. The second kappa shape index (κ2) is 8.87. The fraction of sp³-hybridized carbons (Fsp3) is 0.435. The minimum Gasteiger partial charge on any atom is -0.444 e. The molecule has 8 nitrogen and oxygen atoms in total. The molecule has 0 unspecified atom stereocenters. The third kappa shape index (κ3) is 4.79. The maximum atomic E-state index is 13.4. The Balaban J connectivity index is 1.67. The van der Waals surface area contributed by atoms with Gasteiger partial charge in [0.05, 0.1) is 27.5 Å². The number of carbonyl (C=O) groups excluding carboxylic acids is 1. The van der Waals surface area contributed by atoms with E-state index in [-0.39, 0.29) is 11.5 Å². The number of nitrogens with two attached hydrogens (primary N) is 1. The van der Waals surface area contributed by atoms with Crippen LogP contribution in [0, 0.1) is 0 Å². The molecule has 1 aliphatic rings. The summed E-state index contributed by atoms with van der Waals surface area (Å²) in [5, 5.41) is 3.37. The number of anilines is 2. The summed E-state index contributed by atoms with van der Waals surface area (Å²) in [5.41, 5.74) is 7.80. The molecular formula is C23H28ClN5O3S. The Bertz CT molecular complexity index is 1260. The van der Waals surface area contributed by atoms with Crippen molar-refractivity contribution >= 4 is 50.8 Å². The van der Waals surface area contributed by atoms with Gasteiger partial charge in [0.25, 0.3) is 0 Å². The molecule has 1 amide bonds. The second-order valence-corrected chi connectivity index (χ2v) is 10.3. The van der Waals surface area contributed by atoms with Gasteiger partial charge in [-0.25, -0.2) is 9.78 Å². The summed E-state index contributed by atoms with van der Waals surface area (Å²) >= 11 is 7.98. The van der Waals surface area contributed by atoms with E-state index in [0.717, 1.165) is 11.2 Å². The zero-order valence-electron chi connectivity index (χ0n) is 19.2. The Kier molecular flexibility index (Phi) is 6.28. The van der Waals surface area contributed by atoms with Crippen LogP contribution in [0.25, 0.3) is 22.2 Å². The van der Waals surface area contributed by atoms with Gasteiger partial charge in [-0.1, -0.05) is 11.6 Å². The van der Waals surface area contributed by atoms with Gasteiger partial charge in [-0.05, 0) is 39.8 Å². The van der Waals surface area contributed by atoms with Gasteiger partial charge in [0.2, 0.25) is 0 Å². The van der Waals surface area contributed by atoms with E-state index in [2.05, 4.69) is 9.88 Å². The molecule has 0 radical (unpaired) electrons. The first kappa shape index (κ1) is 23.4. The molecule has 3 aromatic rings. The van der Waals surface area contributed by atoms with Crippen molar-refractivity contribution in [2.45, 2.75) is 39.8 Å². The Labute approximate surface area is 201 Å². The number of aryl methyl sites for hydroxylation is 1. The van der Waals surface area contributed by atoms with Crippen molar-refractivity contribution in [3.05, 3.63) is 39.0 Å². The number of hydrogen-bond acceptors (Lipinski definition) is 7.